The first kappa shape index (κ1) is 15.1. The average Bonchev–Trinajstić information content (AvgIpc) is 2.42. The first-order valence-electron chi connectivity index (χ1n) is 5.60. The maximum atomic E-state index is 11.4. The Morgan fingerprint density at radius 3 is 2.74 bits per heavy atom. The van der Waals surface area contributed by atoms with Gasteiger partial charge in [0.25, 0.3) is 0 Å². The summed E-state index contributed by atoms with van der Waals surface area (Å²) in [5.74, 6) is 0.782. The maximum absolute atomic E-state index is 11.4. The molecule has 1 aromatic carbocycles. The number of halogens is 1. The summed E-state index contributed by atoms with van der Waals surface area (Å²) in [5.41, 5.74) is 0.747. The summed E-state index contributed by atoms with van der Waals surface area (Å²) in [7, 11) is 3.04. The van der Waals surface area contributed by atoms with Crippen molar-refractivity contribution in [2.75, 3.05) is 20.8 Å². The van der Waals surface area contributed by atoms with Crippen LogP contribution in [-0.4, -0.2) is 26.7 Å². The van der Waals surface area contributed by atoms with Crippen molar-refractivity contribution in [3.05, 3.63) is 41.4 Å². The quantitative estimate of drug-likeness (QED) is 0.644. The lowest BCUT2D eigenvalue weighted by molar-refractivity contribution is -0.116. The highest BCUT2D eigenvalue weighted by Gasteiger charge is 2.09. The predicted molar refractivity (Wildman–Crippen MR) is 76.8 cm³/mol. The number of hydrogen-bond acceptors (Lipinski definition) is 3. The van der Waals surface area contributed by atoms with Crippen LogP contribution >= 0.6 is 11.6 Å². The van der Waals surface area contributed by atoms with Gasteiger partial charge in [0.2, 0.25) is 5.91 Å². The molecule has 1 rings (SSSR count). The fraction of sp³-hybridized carbons (Fsp3) is 0.214. The third kappa shape index (κ3) is 4.34. The van der Waals surface area contributed by atoms with Gasteiger partial charge in [-0.2, -0.15) is 0 Å². The monoisotopic (exact) mass is 281 g/mol. The van der Waals surface area contributed by atoms with E-state index in [4.69, 9.17) is 21.1 Å². The van der Waals surface area contributed by atoms with Crippen molar-refractivity contribution >= 4 is 23.6 Å². The number of nitrogens with one attached hydrogen (secondary N) is 1. The molecule has 0 saturated heterocycles. The highest BCUT2D eigenvalue weighted by Crippen LogP contribution is 2.36. The van der Waals surface area contributed by atoms with E-state index in [-0.39, 0.29) is 5.91 Å². The summed E-state index contributed by atoms with van der Waals surface area (Å²) in [6.45, 7) is 3.94. The molecule has 0 saturated carbocycles. The van der Waals surface area contributed by atoms with Gasteiger partial charge in [-0.15, -0.1) is 6.58 Å². The molecule has 0 atom stereocenters. The van der Waals surface area contributed by atoms with E-state index in [9.17, 15) is 4.79 Å². The fourth-order valence-corrected chi connectivity index (χ4v) is 1.73. The van der Waals surface area contributed by atoms with E-state index < -0.39 is 0 Å². The Kier molecular flexibility index (Phi) is 5.96. The van der Waals surface area contributed by atoms with Crippen LogP contribution in [0.5, 0.6) is 11.5 Å². The van der Waals surface area contributed by atoms with Crippen LogP contribution in [0.1, 0.15) is 5.56 Å². The summed E-state index contributed by atoms with van der Waals surface area (Å²) in [6.07, 6.45) is 4.67. The Labute approximate surface area is 117 Å². The van der Waals surface area contributed by atoms with Gasteiger partial charge >= 0.3 is 0 Å². The zero-order valence-corrected chi connectivity index (χ0v) is 11.7. The molecule has 102 valence electrons. The van der Waals surface area contributed by atoms with Gasteiger partial charge < -0.3 is 14.8 Å². The lowest BCUT2D eigenvalue weighted by Gasteiger charge is -2.10. The third-order valence-electron chi connectivity index (χ3n) is 2.30. The highest BCUT2D eigenvalue weighted by atomic mass is 35.5. The molecule has 1 N–H and O–H groups in total. The van der Waals surface area contributed by atoms with Crippen molar-refractivity contribution in [3.63, 3.8) is 0 Å². The molecule has 0 aliphatic heterocycles. The molecular weight excluding hydrogens is 266 g/mol. The van der Waals surface area contributed by atoms with Crippen molar-refractivity contribution in [2.45, 2.75) is 0 Å². The van der Waals surface area contributed by atoms with E-state index in [2.05, 4.69) is 11.9 Å². The smallest absolute Gasteiger partial charge is 0.244 e. The first-order valence-corrected chi connectivity index (χ1v) is 5.98. The van der Waals surface area contributed by atoms with Gasteiger partial charge in [0.1, 0.15) is 0 Å². The van der Waals surface area contributed by atoms with Crippen LogP contribution in [0.2, 0.25) is 5.02 Å². The summed E-state index contributed by atoms with van der Waals surface area (Å²) >= 11 is 6.06. The standard InChI is InChI=1S/C14H16ClNO3/c1-4-7-16-13(17)6-5-10-8-11(15)14(19-3)12(9-10)18-2/h4-6,8-9H,1,7H2,2-3H3,(H,16,17)/b6-5+. The number of hydrogen-bond donors (Lipinski definition) is 1. The van der Waals surface area contributed by atoms with Crippen LogP contribution in [-0.2, 0) is 4.79 Å². The van der Waals surface area contributed by atoms with E-state index in [1.54, 1.807) is 24.3 Å². The lowest BCUT2D eigenvalue weighted by atomic mass is 10.2. The van der Waals surface area contributed by atoms with Crippen molar-refractivity contribution in [3.8, 4) is 11.5 Å². The summed E-state index contributed by atoms with van der Waals surface area (Å²) < 4.78 is 10.3. The summed E-state index contributed by atoms with van der Waals surface area (Å²) in [6, 6.07) is 3.43. The van der Waals surface area contributed by atoms with E-state index in [0.717, 1.165) is 5.56 Å². The molecule has 1 aromatic rings. The van der Waals surface area contributed by atoms with Crippen LogP contribution in [0.15, 0.2) is 30.9 Å². The third-order valence-corrected chi connectivity index (χ3v) is 2.58. The molecule has 4 nitrogen and oxygen atoms in total. The zero-order valence-electron chi connectivity index (χ0n) is 10.9. The lowest BCUT2D eigenvalue weighted by Crippen LogP contribution is -2.20. The number of rotatable bonds is 6. The van der Waals surface area contributed by atoms with Gasteiger partial charge in [-0.25, -0.2) is 0 Å². The molecule has 0 aliphatic carbocycles. The van der Waals surface area contributed by atoms with Gasteiger partial charge in [-0.3, -0.25) is 4.79 Å². The normalized spacial score (nSPS) is 10.3. The largest absolute Gasteiger partial charge is 0.493 e. The van der Waals surface area contributed by atoms with Crippen LogP contribution in [0, 0.1) is 0 Å². The molecule has 0 radical (unpaired) electrons. The van der Waals surface area contributed by atoms with Crippen molar-refractivity contribution < 1.29 is 14.3 Å². The van der Waals surface area contributed by atoms with E-state index in [0.29, 0.717) is 23.1 Å². The Morgan fingerprint density at radius 1 is 1.42 bits per heavy atom. The minimum atomic E-state index is -0.203. The van der Waals surface area contributed by atoms with Gasteiger partial charge in [0.15, 0.2) is 11.5 Å². The number of ether oxygens (including phenoxy) is 2. The number of carbonyl (C=O) groups is 1. The highest BCUT2D eigenvalue weighted by molar-refractivity contribution is 6.32. The second-order valence-corrected chi connectivity index (χ2v) is 4.01. The Bertz CT molecular complexity index is 498. The maximum Gasteiger partial charge on any atom is 0.244 e. The molecule has 1 amide bonds. The zero-order chi connectivity index (χ0) is 14.3. The van der Waals surface area contributed by atoms with Crippen molar-refractivity contribution in [2.24, 2.45) is 0 Å². The molecule has 0 heterocycles. The molecule has 19 heavy (non-hydrogen) atoms. The molecule has 0 aliphatic rings. The molecular formula is C14H16ClNO3. The van der Waals surface area contributed by atoms with Crippen LogP contribution in [0.25, 0.3) is 6.08 Å². The second kappa shape index (κ2) is 7.48. The van der Waals surface area contributed by atoms with Crippen LogP contribution in [0.3, 0.4) is 0 Å². The van der Waals surface area contributed by atoms with Gasteiger partial charge in [-0.05, 0) is 23.8 Å². The van der Waals surface area contributed by atoms with E-state index >= 15 is 0 Å². The number of methoxy groups -OCH3 is 2. The van der Waals surface area contributed by atoms with Crippen molar-refractivity contribution in [1.82, 2.24) is 5.32 Å². The Balaban J connectivity index is 2.90. The minimum absolute atomic E-state index is 0.203. The Morgan fingerprint density at radius 2 is 2.16 bits per heavy atom. The molecule has 5 heteroatoms. The molecule has 0 unspecified atom stereocenters. The van der Waals surface area contributed by atoms with Gasteiger partial charge in [0, 0.05) is 12.6 Å². The first-order chi connectivity index (χ1) is 9.12. The second-order valence-electron chi connectivity index (χ2n) is 3.61. The van der Waals surface area contributed by atoms with Gasteiger partial charge in [-0.1, -0.05) is 17.7 Å². The minimum Gasteiger partial charge on any atom is -0.493 e. The molecule has 0 aromatic heterocycles. The number of carbonyl (C=O) groups excluding carboxylic acids is 1. The van der Waals surface area contributed by atoms with Gasteiger partial charge in [0.05, 0.1) is 19.2 Å². The SMILES string of the molecule is C=CCNC(=O)/C=C/c1cc(Cl)c(OC)c(OC)c1. The van der Waals surface area contributed by atoms with Crippen LogP contribution in [0.4, 0.5) is 0 Å². The predicted octanol–water partition coefficient (Wildman–Crippen LogP) is 2.67. The van der Waals surface area contributed by atoms with E-state index in [1.807, 2.05) is 0 Å². The summed E-state index contributed by atoms with van der Waals surface area (Å²) in [5, 5.41) is 3.06. The topological polar surface area (TPSA) is 47.6 Å². The summed E-state index contributed by atoms with van der Waals surface area (Å²) in [4.78, 5) is 11.4. The van der Waals surface area contributed by atoms with Crippen molar-refractivity contribution in [1.29, 1.82) is 0 Å². The fourth-order valence-electron chi connectivity index (χ4n) is 1.44. The van der Waals surface area contributed by atoms with Crippen LogP contribution < -0.4 is 14.8 Å². The molecule has 0 bridgehead atoms. The Hall–Kier alpha value is -1.94. The molecule has 0 fully saturated rings. The number of amides is 1. The molecule has 0 spiro atoms. The number of benzene rings is 1. The van der Waals surface area contributed by atoms with E-state index in [1.165, 1.54) is 20.3 Å². The average molecular weight is 282 g/mol.